The molecule has 0 spiro atoms. The van der Waals surface area contributed by atoms with Crippen molar-refractivity contribution in [2.75, 3.05) is 26.2 Å². The van der Waals surface area contributed by atoms with Crippen LogP contribution in [0.2, 0.25) is 0 Å². The zero-order chi connectivity index (χ0) is 21.8. The van der Waals surface area contributed by atoms with Gasteiger partial charge < -0.3 is 14.7 Å². The van der Waals surface area contributed by atoms with Crippen molar-refractivity contribution in [3.05, 3.63) is 71.3 Å². The van der Waals surface area contributed by atoms with E-state index < -0.39 is 5.97 Å². The molecule has 0 radical (unpaired) electrons. The molecule has 164 valence electrons. The molecular weight excluding hydrogens is 392 g/mol. The third-order valence-corrected chi connectivity index (χ3v) is 6.69. The van der Waals surface area contributed by atoms with Gasteiger partial charge in [-0.05, 0) is 56.0 Å². The third kappa shape index (κ3) is 4.97. The molecule has 6 nitrogen and oxygen atoms in total. The largest absolute Gasteiger partial charge is 0.478 e. The lowest BCUT2D eigenvalue weighted by Crippen LogP contribution is -2.57. The van der Waals surface area contributed by atoms with Crippen molar-refractivity contribution < 1.29 is 19.4 Å². The van der Waals surface area contributed by atoms with Gasteiger partial charge in [0, 0.05) is 13.1 Å². The number of rotatable bonds is 6. The van der Waals surface area contributed by atoms with Crippen LogP contribution in [0.15, 0.2) is 54.6 Å². The molecular formula is C25H30N2O4. The topological polar surface area (TPSA) is 70.1 Å². The number of morpholine rings is 1. The molecule has 0 bridgehead atoms. The number of nitrogens with zero attached hydrogens (tertiary/aromatic N) is 2. The molecule has 0 saturated carbocycles. The van der Waals surface area contributed by atoms with Gasteiger partial charge >= 0.3 is 5.97 Å². The van der Waals surface area contributed by atoms with Gasteiger partial charge in [-0.25, -0.2) is 4.79 Å². The zero-order valence-corrected chi connectivity index (χ0v) is 18.0. The molecule has 2 aliphatic heterocycles. The van der Waals surface area contributed by atoms with Crippen LogP contribution in [0.5, 0.6) is 0 Å². The number of carbonyl (C=O) groups excluding carboxylic acids is 1. The quantitative estimate of drug-likeness (QED) is 0.773. The summed E-state index contributed by atoms with van der Waals surface area (Å²) in [6.45, 7) is 5.92. The van der Waals surface area contributed by atoms with Crippen molar-refractivity contribution in [3.8, 4) is 0 Å². The summed E-state index contributed by atoms with van der Waals surface area (Å²) in [6.07, 6.45) is 1.94. The van der Waals surface area contributed by atoms with E-state index in [2.05, 4.69) is 11.8 Å². The van der Waals surface area contributed by atoms with Gasteiger partial charge in [-0.15, -0.1) is 0 Å². The van der Waals surface area contributed by atoms with Crippen molar-refractivity contribution in [1.29, 1.82) is 0 Å². The van der Waals surface area contributed by atoms with Crippen LogP contribution in [0.4, 0.5) is 0 Å². The fraction of sp³-hybridized carbons (Fsp3) is 0.440. The van der Waals surface area contributed by atoms with E-state index in [1.54, 1.807) is 12.1 Å². The summed E-state index contributed by atoms with van der Waals surface area (Å²) in [4.78, 5) is 28.2. The molecule has 6 heteroatoms. The van der Waals surface area contributed by atoms with E-state index in [1.165, 1.54) is 0 Å². The molecule has 4 rings (SSSR count). The number of ether oxygens (including phenoxy) is 1. The van der Waals surface area contributed by atoms with Crippen molar-refractivity contribution in [3.63, 3.8) is 0 Å². The highest BCUT2D eigenvalue weighted by Crippen LogP contribution is 2.35. The van der Waals surface area contributed by atoms with E-state index >= 15 is 0 Å². The molecule has 1 amide bonds. The van der Waals surface area contributed by atoms with Crippen LogP contribution in [-0.4, -0.2) is 58.6 Å². The second kappa shape index (κ2) is 9.20. The van der Waals surface area contributed by atoms with Gasteiger partial charge in [0.15, 0.2) is 0 Å². The Morgan fingerprint density at radius 2 is 1.74 bits per heavy atom. The molecule has 0 unspecified atom stereocenters. The second-order valence-corrected chi connectivity index (χ2v) is 8.85. The Bertz CT molecular complexity index is 924. The first-order chi connectivity index (χ1) is 14.9. The van der Waals surface area contributed by atoms with Crippen LogP contribution in [0.1, 0.15) is 41.3 Å². The zero-order valence-electron chi connectivity index (χ0n) is 18.0. The Morgan fingerprint density at radius 3 is 2.45 bits per heavy atom. The van der Waals surface area contributed by atoms with E-state index in [4.69, 9.17) is 4.74 Å². The number of benzene rings is 2. The average molecular weight is 423 g/mol. The normalized spacial score (nSPS) is 23.1. The first-order valence-electron chi connectivity index (χ1n) is 10.9. The number of carboxylic acid groups (broad SMARTS) is 1. The maximum Gasteiger partial charge on any atom is 0.336 e. The number of piperidine rings is 1. The molecule has 0 aromatic heterocycles. The van der Waals surface area contributed by atoms with Crippen LogP contribution >= 0.6 is 0 Å². The van der Waals surface area contributed by atoms with Gasteiger partial charge in [-0.2, -0.15) is 0 Å². The molecule has 31 heavy (non-hydrogen) atoms. The lowest BCUT2D eigenvalue weighted by atomic mass is 9.80. The highest BCUT2D eigenvalue weighted by atomic mass is 16.5. The number of hydrogen-bond donors (Lipinski definition) is 1. The van der Waals surface area contributed by atoms with Crippen molar-refractivity contribution in [1.82, 2.24) is 9.80 Å². The van der Waals surface area contributed by atoms with Crippen LogP contribution in [-0.2, 0) is 22.6 Å². The van der Waals surface area contributed by atoms with Gasteiger partial charge in [0.05, 0.1) is 17.7 Å². The van der Waals surface area contributed by atoms with E-state index in [9.17, 15) is 14.7 Å². The fourth-order valence-electron chi connectivity index (χ4n) is 4.83. The fourth-order valence-corrected chi connectivity index (χ4v) is 4.83. The van der Waals surface area contributed by atoms with E-state index in [-0.39, 0.29) is 18.1 Å². The third-order valence-electron chi connectivity index (χ3n) is 6.69. The van der Waals surface area contributed by atoms with Gasteiger partial charge in [0.1, 0.15) is 6.61 Å². The summed E-state index contributed by atoms with van der Waals surface area (Å²) in [5.74, 6) is -0.467. The average Bonchev–Trinajstić information content (AvgIpc) is 2.78. The minimum absolute atomic E-state index is 0.0454. The number of aromatic carboxylic acids is 1. The Balaban J connectivity index is 1.36. The number of carbonyl (C=O) groups is 2. The molecule has 2 heterocycles. The molecule has 2 aromatic rings. The maximum atomic E-state index is 12.5. The van der Waals surface area contributed by atoms with E-state index in [0.29, 0.717) is 31.1 Å². The predicted molar refractivity (Wildman–Crippen MR) is 118 cm³/mol. The summed E-state index contributed by atoms with van der Waals surface area (Å²) >= 11 is 0. The van der Waals surface area contributed by atoms with E-state index in [1.807, 2.05) is 47.4 Å². The first-order valence-corrected chi connectivity index (χ1v) is 10.9. The number of hydrogen-bond acceptors (Lipinski definition) is 4. The number of carboxylic acids is 1. The summed E-state index contributed by atoms with van der Waals surface area (Å²) in [7, 11) is 0. The lowest BCUT2D eigenvalue weighted by molar-refractivity contribution is -0.174. The molecule has 2 saturated heterocycles. The monoisotopic (exact) mass is 422 g/mol. The molecule has 1 N–H and O–H groups in total. The van der Waals surface area contributed by atoms with Crippen LogP contribution in [0, 0.1) is 5.92 Å². The van der Waals surface area contributed by atoms with Crippen molar-refractivity contribution in [2.45, 2.75) is 38.5 Å². The molecule has 2 aliphatic rings. The van der Waals surface area contributed by atoms with Crippen molar-refractivity contribution in [2.24, 2.45) is 5.92 Å². The minimum Gasteiger partial charge on any atom is -0.478 e. The molecule has 0 aliphatic carbocycles. The van der Waals surface area contributed by atoms with E-state index in [0.717, 1.165) is 37.1 Å². The Labute approximate surface area is 183 Å². The summed E-state index contributed by atoms with van der Waals surface area (Å²) in [6, 6.07) is 17.3. The maximum absolute atomic E-state index is 12.5. The number of amides is 1. The number of likely N-dealkylation sites (tertiary alicyclic amines) is 1. The second-order valence-electron chi connectivity index (χ2n) is 8.85. The Hall–Kier alpha value is -2.70. The predicted octanol–water partition coefficient (Wildman–Crippen LogP) is 3.41. The molecule has 2 fully saturated rings. The smallest absolute Gasteiger partial charge is 0.336 e. The Kier molecular flexibility index (Phi) is 6.39. The van der Waals surface area contributed by atoms with Crippen LogP contribution in [0.3, 0.4) is 0 Å². The SMILES string of the molecule is C[C@@]1(C2CCN(Cc3ccccc3C(=O)O)CC2)CN(Cc2ccccc2)C(=O)CO1. The van der Waals surface area contributed by atoms with Gasteiger partial charge in [-0.3, -0.25) is 9.69 Å². The molecule has 1 atom stereocenters. The lowest BCUT2D eigenvalue weighted by Gasteiger charge is -2.47. The van der Waals surface area contributed by atoms with Gasteiger partial charge in [0.25, 0.3) is 0 Å². The van der Waals surface area contributed by atoms with Crippen molar-refractivity contribution >= 4 is 11.9 Å². The molecule has 2 aromatic carbocycles. The summed E-state index contributed by atoms with van der Waals surface area (Å²) in [5, 5.41) is 9.43. The highest BCUT2D eigenvalue weighted by molar-refractivity contribution is 5.89. The summed E-state index contributed by atoms with van der Waals surface area (Å²) in [5.41, 5.74) is 2.01. The van der Waals surface area contributed by atoms with Crippen LogP contribution in [0.25, 0.3) is 0 Å². The van der Waals surface area contributed by atoms with Gasteiger partial charge in [-0.1, -0.05) is 48.5 Å². The first kappa shape index (κ1) is 21.5. The Morgan fingerprint density at radius 1 is 1.06 bits per heavy atom. The summed E-state index contributed by atoms with van der Waals surface area (Å²) < 4.78 is 6.10. The van der Waals surface area contributed by atoms with Crippen LogP contribution < -0.4 is 0 Å². The minimum atomic E-state index is -0.878. The highest BCUT2D eigenvalue weighted by Gasteiger charge is 2.43. The standard InChI is InChI=1S/C25H30N2O4/c1-25(18-27(23(28)17-31-25)15-19-7-3-2-4-8-19)21-11-13-26(14-12-21)16-20-9-5-6-10-22(20)24(29)30/h2-10,21H,11-18H2,1H3,(H,29,30)/t25-/m0/s1. The van der Waals surface area contributed by atoms with Gasteiger partial charge in [0.2, 0.25) is 5.91 Å².